The number of rotatable bonds is 6. The number of aromatic amines is 1. The molecule has 3 amide bonds. The first-order valence-electron chi connectivity index (χ1n) is 12.6. The summed E-state index contributed by atoms with van der Waals surface area (Å²) >= 11 is 0. The van der Waals surface area contributed by atoms with Crippen LogP contribution in [0.4, 0.5) is 8.78 Å². The van der Waals surface area contributed by atoms with Crippen molar-refractivity contribution in [2.45, 2.75) is 62.6 Å². The van der Waals surface area contributed by atoms with E-state index in [9.17, 15) is 28.4 Å². The van der Waals surface area contributed by atoms with Gasteiger partial charge >= 0.3 is 0 Å². The van der Waals surface area contributed by atoms with E-state index in [2.05, 4.69) is 15.6 Å². The van der Waals surface area contributed by atoms with E-state index in [1.54, 1.807) is 24.3 Å². The third-order valence-electron chi connectivity index (χ3n) is 7.90. The van der Waals surface area contributed by atoms with E-state index in [0.717, 1.165) is 6.42 Å². The van der Waals surface area contributed by atoms with Crippen LogP contribution in [0.5, 0.6) is 5.75 Å². The molecule has 6 rings (SSSR count). The molecule has 196 valence electrons. The molecule has 4 fully saturated rings. The summed E-state index contributed by atoms with van der Waals surface area (Å²) in [6.07, 6.45) is 1.38. The van der Waals surface area contributed by atoms with Crippen LogP contribution in [-0.4, -0.2) is 65.3 Å². The fourth-order valence-corrected chi connectivity index (χ4v) is 6.10. The smallest absolute Gasteiger partial charge is 0.271 e. The molecule has 37 heavy (non-hydrogen) atoms. The number of piperidine rings is 3. The fraction of sp³-hybridized carbons (Fsp3) is 0.538. The Morgan fingerprint density at radius 1 is 1.32 bits per heavy atom. The molecule has 4 heterocycles. The topological polar surface area (TPSA) is 127 Å². The van der Waals surface area contributed by atoms with E-state index in [-0.39, 0.29) is 24.4 Å². The zero-order valence-electron chi connectivity index (χ0n) is 20.4. The minimum Gasteiger partial charge on any atom is -0.496 e. The van der Waals surface area contributed by atoms with Crippen LogP contribution < -0.4 is 15.4 Å². The minimum atomic E-state index is -3.11. The summed E-state index contributed by atoms with van der Waals surface area (Å²) in [5, 5.41) is 15.6. The number of aromatic nitrogens is 1. The number of carbonyl (C=O) groups excluding carboxylic acids is 3. The maximum Gasteiger partial charge on any atom is 0.271 e. The number of nitriles is 1. The van der Waals surface area contributed by atoms with Gasteiger partial charge in [0.05, 0.1) is 19.1 Å². The van der Waals surface area contributed by atoms with E-state index in [0.29, 0.717) is 36.0 Å². The first-order chi connectivity index (χ1) is 17.7. The maximum absolute atomic E-state index is 15.0. The summed E-state index contributed by atoms with van der Waals surface area (Å²) in [7, 11) is 1.51. The van der Waals surface area contributed by atoms with Gasteiger partial charge in [0.2, 0.25) is 11.8 Å². The van der Waals surface area contributed by atoms with Crippen molar-refractivity contribution in [3.05, 3.63) is 30.0 Å². The van der Waals surface area contributed by atoms with Crippen molar-refractivity contribution in [1.82, 2.24) is 20.5 Å². The van der Waals surface area contributed by atoms with Crippen LogP contribution in [0.15, 0.2) is 24.3 Å². The van der Waals surface area contributed by atoms with Crippen LogP contribution in [0.3, 0.4) is 0 Å². The third-order valence-corrected chi connectivity index (χ3v) is 7.90. The number of alkyl halides is 2. The van der Waals surface area contributed by atoms with Crippen molar-refractivity contribution in [2.24, 2.45) is 11.8 Å². The number of methoxy groups -OCH3 is 1. The highest BCUT2D eigenvalue weighted by Gasteiger charge is 2.60. The van der Waals surface area contributed by atoms with E-state index >= 15 is 0 Å². The average Bonchev–Trinajstić information content (AvgIpc) is 3.33. The summed E-state index contributed by atoms with van der Waals surface area (Å²) in [5.41, 5.74) is 0.815. The Hall–Kier alpha value is -3.68. The molecule has 1 aliphatic carbocycles. The number of benzene rings is 1. The molecular formula is C26H29F2N5O4. The molecule has 5 atom stereocenters. The second kappa shape index (κ2) is 9.65. The van der Waals surface area contributed by atoms with Gasteiger partial charge in [0.1, 0.15) is 23.5 Å². The number of ether oxygens (including phenoxy) is 1. The Bertz CT molecular complexity index is 1270. The lowest BCUT2D eigenvalue weighted by molar-refractivity contribution is -0.179. The molecule has 9 nitrogen and oxygen atoms in total. The standard InChI is InChI=1S/C26H29F2N5O4/c1-37-21-6-2-5-19-17(21)11-20(32-19)25(36)33-16-7-8-18(26(27,28)12-16)22(33)24(35)31-15(13-29)10-14-4-3-9-30-23(14)34/h2,5-6,11,14-16,18,22,32H,3-4,7-10,12H2,1H3,(H,30,34)(H,31,35)/t14-,15-,16+,18+,22-/m1/s1. The van der Waals surface area contributed by atoms with Crippen LogP contribution in [0.2, 0.25) is 0 Å². The normalized spacial score (nSPS) is 27.3. The number of nitrogens with zero attached hydrogens (tertiary/aromatic N) is 2. The predicted molar refractivity (Wildman–Crippen MR) is 129 cm³/mol. The molecule has 0 spiro atoms. The monoisotopic (exact) mass is 513 g/mol. The van der Waals surface area contributed by atoms with Crippen molar-refractivity contribution in [3.8, 4) is 11.8 Å². The fourth-order valence-electron chi connectivity index (χ4n) is 6.10. The number of halogens is 2. The van der Waals surface area contributed by atoms with E-state index < -0.39 is 54.1 Å². The molecule has 2 bridgehead atoms. The van der Waals surface area contributed by atoms with Crippen molar-refractivity contribution < 1.29 is 27.9 Å². The number of amides is 3. The molecule has 0 radical (unpaired) electrons. The second-order valence-corrected chi connectivity index (χ2v) is 10.1. The minimum absolute atomic E-state index is 0.0844. The van der Waals surface area contributed by atoms with Crippen molar-refractivity contribution in [1.29, 1.82) is 5.26 Å². The van der Waals surface area contributed by atoms with Gasteiger partial charge in [-0.3, -0.25) is 14.4 Å². The van der Waals surface area contributed by atoms with E-state index in [1.165, 1.54) is 12.0 Å². The van der Waals surface area contributed by atoms with Gasteiger partial charge in [0.15, 0.2) is 0 Å². The lowest BCUT2D eigenvalue weighted by atomic mass is 9.71. The molecule has 1 aromatic heterocycles. The number of H-pyrrole nitrogens is 1. The summed E-state index contributed by atoms with van der Waals surface area (Å²) in [6.45, 7) is 0.565. The van der Waals surface area contributed by atoms with Crippen LogP contribution in [0, 0.1) is 23.2 Å². The van der Waals surface area contributed by atoms with Crippen LogP contribution in [0.1, 0.15) is 49.0 Å². The molecule has 1 aromatic carbocycles. The number of hydrogen-bond acceptors (Lipinski definition) is 5. The highest BCUT2D eigenvalue weighted by molar-refractivity contribution is 6.02. The summed E-state index contributed by atoms with van der Waals surface area (Å²) in [6, 6.07) is 5.59. The number of hydrogen-bond donors (Lipinski definition) is 3. The molecule has 3 aliphatic heterocycles. The highest BCUT2D eigenvalue weighted by atomic mass is 19.3. The van der Waals surface area contributed by atoms with Crippen LogP contribution in [-0.2, 0) is 9.59 Å². The van der Waals surface area contributed by atoms with Gasteiger partial charge in [-0.1, -0.05) is 6.07 Å². The second-order valence-electron chi connectivity index (χ2n) is 10.1. The molecular weight excluding hydrogens is 484 g/mol. The third kappa shape index (κ3) is 4.49. The largest absolute Gasteiger partial charge is 0.496 e. The van der Waals surface area contributed by atoms with Crippen LogP contribution in [0.25, 0.3) is 10.9 Å². The summed E-state index contributed by atoms with van der Waals surface area (Å²) in [4.78, 5) is 43.6. The van der Waals surface area contributed by atoms with Gasteiger partial charge < -0.3 is 25.3 Å². The van der Waals surface area contributed by atoms with Gasteiger partial charge in [-0.05, 0) is 50.3 Å². The van der Waals surface area contributed by atoms with E-state index in [4.69, 9.17) is 4.74 Å². The summed E-state index contributed by atoms with van der Waals surface area (Å²) < 4.78 is 35.4. The molecule has 11 heteroatoms. The van der Waals surface area contributed by atoms with Crippen molar-refractivity contribution in [2.75, 3.05) is 13.7 Å². The molecule has 4 aliphatic rings. The van der Waals surface area contributed by atoms with Crippen molar-refractivity contribution in [3.63, 3.8) is 0 Å². The Kier molecular flexibility index (Phi) is 6.52. The molecule has 0 unspecified atom stereocenters. The summed E-state index contributed by atoms with van der Waals surface area (Å²) in [5.74, 6) is -5.90. The Labute approximate surface area is 212 Å². The zero-order valence-corrected chi connectivity index (χ0v) is 20.4. The first kappa shape index (κ1) is 25.0. The first-order valence-corrected chi connectivity index (χ1v) is 12.6. The van der Waals surface area contributed by atoms with Gasteiger partial charge in [0, 0.05) is 35.8 Å². The molecule has 3 saturated heterocycles. The van der Waals surface area contributed by atoms with Crippen molar-refractivity contribution >= 4 is 28.6 Å². The molecule has 3 N–H and O–H groups in total. The predicted octanol–water partition coefficient (Wildman–Crippen LogP) is 2.73. The number of nitrogens with one attached hydrogen (secondary N) is 3. The maximum atomic E-state index is 15.0. The van der Waals surface area contributed by atoms with Gasteiger partial charge in [-0.2, -0.15) is 5.26 Å². The quantitative estimate of drug-likeness (QED) is 0.547. The van der Waals surface area contributed by atoms with Crippen LogP contribution >= 0.6 is 0 Å². The Morgan fingerprint density at radius 3 is 2.84 bits per heavy atom. The highest BCUT2D eigenvalue weighted by Crippen LogP contribution is 2.49. The number of carbonyl (C=O) groups is 3. The average molecular weight is 514 g/mol. The Balaban J connectivity index is 1.42. The van der Waals surface area contributed by atoms with E-state index in [1.807, 2.05) is 6.07 Å². The lowest BCUT2D eigenvalue weighted by Gasteiger charge is -2.53. The Morgan fingerprint density at radius 2 is 2.14 bits per heavy atom. The SMILES string of the molecule is COc1cccc2[nH]c(C(=O)N3[C@H]4CC[C@@H]([C@@H]3C(=O)N[C@@H](C#N)C[C@H]3CCCNC3=O)C(F)(F)C4)cc12. The van der Waals surface area contributed by atoms with Gasteiger partial charge in [0.25, 0.3) is 11.8 Å². The zero-order chi connectivity index (χ0) is 26.3. The molecule has 2 aromatic rings. The van der Waals surface area contributed by atoms with Gasteiger partial charge in [-0.25, -0.2) is 8.78 Å². The number of fused-ring (bicyclic) bond motifs is 4. The van der Waals surface area contributed by atoms with Gasteiger partial charge in [-0.15, -0.1) is 0 Å². The lowest BCUT2D eigenvalue weighted by Crippen LogP contribution is -2.68. The molecule has 1 saturated carbocycles.